The average molecular weight is 440 g/mol. The normalized spacial score (nSPS) is 24.2. The van der Waals surface area contributed by atoms with Crippen LogP contribution in [0.25, 0.3) is 6.08 Å². The number of benzene rings is 1. The summed E-state index contributed by atoms with van der Waals surface area (Å²) in [6.45, 7) is 2.18. The fraction of sp³-hybridized carbons (Fsp3) is 0.500. The van der Waals surface area contributed by atoms with Crippen molar-refractivity contribution < 1.29 is 14.3 Å². The number of nitrogens with one attached hydrogen (secondary N) is 2. The number of Topliss-reactive ketones (excluding diaryl/α,β-unsaturated/α-hetero) is 1. The Hall–Kier alpha value is -2.25. The van der Waals surface area contributed by atoms with Crippen LogP contribution in [0.5, 0.6) is 5.75 Å². The van der Waals surface area contributed by atoms with E-state index in [4.69, 9.17) is 4.74 Å². The van der Waals surface area contributed by atoms with Crippen LogP contribution in [0.3, 0.4) is 0 Å². The van der Waals surface area contributed by atoms with Gasteiger partial charge in [-0.15, -0.1) is 0 Å². The van der Waals surface area contributed by atoms with E-state index in [1.165, 1.54) is 37.4 Å². The van der Waals surface area contributed by atoms with E-state index in [1.807, 2.05) is 18.2 Å². The lowest BCUT2D eigenvalue weighted by molar-refractivity contribution is -0.116. The van der Waals surface area contributed by atoms with Crippen LogP contribution in [0.1, 0.15) is 44.1 Å². The molecule has 0 unspecified atom stereocenters. The Morgan fingerprint density at radius 2 is 2.13 bits per heavy atom. The second-order valence-corrected chi connectivity index (χ2v) is 9.88. The SMILES string of the molecule is CN/C(S/C(C=O)=C\c1ccc2c(c1)N(C1CCCC1)CCO2)=C1/CNC2(CC2)C1=O. The Kier molecular flexibility index (Phi) is 5.56. The Bertz CT molecular complexity index is 961. The van der Waals surface area contributed by atoms with E-state index in [2.05, 4.69) is 21.6 Å². The maximum atomic E-state index is 12.7. The van der Waals surface area contributed by atoms with Crippen LogP contribution in [0.2, 0.25) is 0 Å². The first-order valence-corrected chi connectivity index (χ1v) is 12.0. The van der Waals surface area contributed by atoms with Gasteiger partial charge in [-0.2, -0.15) is 0 Å². The van der Waals surface area contributed by atoms with E-state index < -0.39 is 0 Å². The van der Waals surface area contributed by atoms with Gasteiger partial charge in [0.25, 0.3) is 0 Å². The summed E-state index contributed by atoms with van der Waals surface area (Å²) < 4.78 is 5.89. The first-order valence-electron chi connectivity index (χ1n) is 11.2. The summed E-state index contributed by atoms with van der Waals surface area (Å²) in [5.41, 5.74) is 2.52. The summed E-state index contributed by atoms with van der Waals surface area (Å²) in [5, 5.41) is 7.24. The van der Waals surface area contributed by atoms with E-state index in [1.54, 1.807) is 7.05 Å². The molecule has 0 amide bonds. The molecule has 1 saturated heterocycles. The van der Waals surface area contributed by atoms with Gasteiger partial charge in [-0.3, -0.25) is 9.59 Å². The molecule has 0 atom stereocenters. The van der Waals surface area contributed by atoms with E-state index in [0.717, 1.165) is 59.9 Å². The summed E-state index contributed by atoms with van der Waals surface area (Å²) in [6.07, 6.45) is 9.63. The topological polar surface area (TPSA) is 70.7 Å². The molecule has 31 heavy (non-hydrogen) atoms. The lowest BCUT2D eigenvalue weighted by Crippen LogP contribution is -2.39. The van der Waals surface area contributed by atoms with Crippen LogP contribution < -0.4 is 20.3 Å². The van der Waals surface area contributed by atoms with Crippen LogP contribution in [-0.4, -0.2) is 50.4 Å². The van der Waals surface area contributed by atoms with E-state index >= 15 is 0 Å². The zero-order chi connectivity index (χ0) is 21.4. The summed E-state index contributed by atoms with van der Waals surface area (Å²) >= 11 is 1.33. The number of aldehydes is 1. The zero-order valence-corrected chi connectivity index (χ0v) is 18.7. The molecule has 7 heteroatoms. The third-order valence-corrected chi connectivity index (χ3v) is 7.96. The first kappa shape index (κ1) is 20.6. The van der Waals surface area contributed by atoms with Gasteiger partial charge in [-0.25, -0.2) is 0 Å². The summed E-state index contributed by atoms with van der Waals surface area (Å²) in [5.74, 6) is 1.10. The van der Waals surface area contributed by atoms with Crippen molar-refractivity contribution >= 4 is 35.6 Å². The number of nitrogens with zero attached hydrogens (tertiary/aromatic N) is 1. The van der Waals surface area contributed by atoms with Crippen molar-refractivity contribution in [1.29, 1.82) is 0 Å². The van der Waals surface area contributed by atoms with Crippen LogP contribution in [0.4, 0.5) is 5.69 Å². The van der Waals surface area contributed by atoms with Gasteiger partial charge in [0.15, 0.2) is 12.1 Å². The molecule has 2 aliphatic carbocycles. The van der Waals surface area contributed by atoms with Gasteiger partial charge < -0.3 is 20.3 Å². The Labute approximate surface area is 187 Å². The van der Waals surface area contributed by atoms with Crippen LogP contribution in [0.15, 0.2) is 33.7 Å². The maximum Gasteiger partial charge on any atom is 0.182 e. The molecule has 1 aromatic rings. The summed E-state index contributed by atoms with van der Waals surface area (Å²) in [6, 6.07) is 6.71. The minimum Gasteiger partial charge on any atom is -0.490 e. The van der Waals surface area contributed by atoms with Gasteiger partial charge in [-0.05, 0) is 49.5 Å². The van der Waals surface area contributed by atoms with Gasteiger partial charge in [0.1, 0.15) is 12.4 Å². The van der Waals surface area contributed by atoms with Crippen molar-refractivity contribution in [2.45, 2.75) is 50.1 Å². The Morgan fingerprint density at radius 1 is 1.32 bits per heavy atom. The number of rotatable bonds is 6. The second-order valence-electron chi connectivity index (χ2n) is 8.80. The number of ketones is 1. The van der Waals surface area contributed by atoms with Crippen LogP contribution >= 0.6 is 11.8 Å². The molecule has 6 nitrogen and oxygen atoms in total. The minimum absolute atomic E-state index is 0.174. The number of ether oxygens (including phenoxy) is 1. The van der Waals surface area contributed by atoms with E-state index in [0.29, 0.717) is 17.5 Å². The van der Waals surface area contributed by atoms with Crippen LogP contribution in [0, 0.1) is 0 Å². The highest BCUT2D eigenvalue weighted by molar-refractivity contribution is 8.07. The highest BCUT2D eigenvalue weighted by Crippen LogP contribution is 2.44. The predicted octanol–water partition coefficient (Wildman–Crippen LogP) is 3.24. The number of allylic oxidation sites excluding steroid dienone is 1. The van der Waals surface area contributed by atoms with Crippen molar-refractivity contribution in [3.8, 4) is 5.75 Å². The maximum absolute atomic E-state index is 12.7. The molecule has 5 rings (SSSR count). The smallest absolute Gasteiger partial charge is 0.182 e. The predicted molar refractivity (Wildman–Crippen MR) is 124 cm³/mol. The third-order valence-electron chi connectivity index (χ3n) is 6.86. The number of hydrogen-bond acceptors (Lipinski definition) is 7. The number of thioether (sulfide) groups is 1. The number of carbonyl (C=O) groups excluding carboxylic acids is 2. The molecule has 4 aliphatic rings. The van der Waals surface area contributed by atoms with Gasteiger partial charge in [0, 0.05) is 25.2 Å². The highest BCUT2D eigenvalue weighted by Gasteiger charge is 2.54. The molecule has 2 saturated carbocycles. The standard InChI is InChI=1S/C24H29N3O3S/c1-25-23(19-14-26-24(8-9-24)22(19)29)31-18(15-28)12-16-6-7-21-20(13-16)27(10-11-30-21)17-4-2-3-5-17/h6-7,12-13,15,17,25-26H,2-5,8-11,14H2,1H3/b18-12-,23-19+. The molecule has 164 valence electrons. The molecule has 1 aromatic carbocycles. The van der Waals surface area contributed by atoms with Gasteiger partial charge in [0.05, 0.1) is 27.7 Å². The van der Waals surface area contributed by atoms with Crippen molar-refractivity contribution in [2.24, 2.45) is 0 Å². The first-order chi connectivity index (χ1) is 15.1. The largest absolute Gasteiger partial charge is 0.490 e. The van der Waals surface area contributed by atoms with Crippen molar-refractivity contribution in [3.63, 3.8) is 0 Å². The lowest BCUT2D eigenvalue weighted by atomic mass is 10.1. The van der Waals surface area contributed by atoms with E-state index in [-0.39, 0.29) is 11.3 Å². The van der Waals surface area contributed by atoms with E-state index in [9.17, 15) is 9.59 Å². The number of fused-ring (bicyclic) bond motifs is 1. The number of anilines is 1. The number of hydrogen-bond donors (Lipinski definition) is 2. The molecule has 2 N–H and O–H groups in total. The van der Waals surface area contributed by atoms with Crippen LogP contribution in [-0.2, 0) is 9.59 Å². The quantitative estimate of drug-likeness (QED) is 0.521. The molecule has 1 spiro atoms. The van der Waals surface area contributed by atoms with Crippen molar-refractivity contribution in [1.82, 2.24) is 10.6 Å². The molecular formula is C24H29N3O3S. The zero-order valence-electron chi connectivity index (χ0n) is 17.9. The van der Waals surface area contributed by atoms with Gasteiger partial charge in [-0.1, -0.05) is 30.7 Å². The van der Waals surface area contributed by atoms with Gasteiger partial charge in [0.2, 0.25) is 0 Å². The number of carbonyl (C=O) groups is 2. The molecule has 2 heterocycles. The summed E-state index contributed by atoms with van der Waals surface area (Å²) in [4.78, 5) is 27.7. The minimum atomic E-state index is -0.328. The molecule has 3 fully saturated rings. The molecule has 2 aliphatic heterocycles. The van der Waals surface area contributed by atoms with Gasteiger partial charge >= 0.3 is 0 Å². The lowest BCUT2D eigenvalue weighted by Gasteiger charge is -2.36. The highest BCUT2D eigenvalue weighted by atomic mass is 32.2. The van der Waals surface area contributed by atoms with Crippen molar-refractivity contribution in [3.05, 3.63) is 39.3 Å². The fourth-order valence-electron chi connectivity index (χ4n) is 4.99. The van der Waals surface area contributed by atoms with Crippen molar-refractivity contribution in [2.75, 3.05) is 31.6 Å². The third kappa shape index (κ3) is 3.89. The Morgan fingerprint density at radius 3 is 2.81 bits per heavy atom. The second kappa shape index (κ2) is 8.36. The monoisotopic (exact) mass is 439 g/mol. The molecular weight excluding hydrogens is 410 g/mol. The Balaban J connectivity index is 1.40. The average Bonchev–Trinajstić information content (AvgIpc) is 3.25. The molecule has 0 aromatic heterocycles. The fourth-order valence-corrected chi connectivity index (χ4v) is 5.86. The summed E-state index contributed by atoms with van der Waals surface area (Å²) in [7, 11) is 1.80. The molecule has 0 radical (unpaired) electrons. The molecule has 0 bridgehead atoms.